The van der Waals surface area contributed by atoms with E-state index in [4.69, 9.17) is 26.8 Å². The molecular formula is C32H37N11O8S2. The van der Waals surface area contributed by atoms with Gasteiger partial charge in [0, 0.05) is 29.8 Å². The summed E-state index contributed by atoms with van der Waals surface area (Å²) in [6, 6.07) is 8.59. The van der Waals surface area contributed by atoms with Crippen molar-refractivity contribution in [3.05, 3.63) is 64.4 Å². The summed E-state index contributed by atoms with van der Waals surface area (Å²) in [6.45, 7) is 5.44. The smallest absolute Gasteiger partial charge is 0.350 e. The lowest BCUT2D eigenvalue weighted by molar-refractivity contribution is -0.766. The topological polar surface area (TPSA) is 273 Å². The highest BCUT2D eigenvalue weighted by molar-refractivity contribution is 8.00. The Balaban J connectivity index is 1.12. The van der Waals surface area contributed by atoms with Gasteiger partial charge >= 0.3 is 5.97 Å². The molecule has 0 aliphatic carbocycles. The zero-order valence-corrected chi connectivity index (χ0v) is 30.3. The number of thiazole rings is 1. The number of carbonyl (C=O) groups excluding carboxylic acids is 3. The van der Waals surface area contributed by atoms with Crippen LogP contribution in [0.15, 0.2) is 63.3 Å². The zero-order chi connectivity index (χ0) is 38.0. The van der Waals surface area contributed by atoms with Crippen LogP contribution in [0.5, 0.6) is 5.75 Å². The molecule has 1 fully saturated rings. The van der Waals surface area contributed by atoms with E-state index in [0.717, 1.165) is 34.2 Å². The minimum atomic E-state index is -1.78. The van der Waals surface area contributed by atoms with Crippen LogP contribution in [0.2, 0.25) is 0 Å². The van der Waals surface area contributed by atoms with Crippen LogP contribution < -0.4 is 41.9 Å². The number of fused-ring (bicyclic) bond motifs is 2. The number of carboxylic acid groups (broad SMARTS) is 2. The van der Waals surface area contributed by atoms with Crippen molar-refractivity contribution in [2.75, 3.05) is 36.1 Å². The molecule has 19 nitrogen and oxygen atoms in total. The number of oxime groups is 1. The molecule has 2 amide bonds. The highest BCUT2D eigenvalue weighted by Gasteiger charge is 2.53. The number of hydrogen-bond acceptors (Lipinski definition) is 14. The molecule has 1 aromatic carbocycles. The molecule has 2 aromatic heterocycles. The van der Waals surface area contributed by atoms with Gasteiger partial charge in [-0.25, -0.2) is 9.78 Å². The average Bonchev–Trinajstić information content (AvgIpc) is 3.84. The normalized spacial score (nSPS) is 18.2. The van der Waals surface area contributed by atoms with E-state index >= 15 is 0 Å². The fraction of sp³-hybridized carbons (Fsp3) is 0.375. The van der Waals surface area contributed by atoms with Crippen molar-refractivity contribution >= 4 is 69.5 Å². The van der Waals surface area contributed by atoms with Crippen molar-refractivity contribution in [2.45, 2.75) is 50.5 Å². The molecule has 2 atom stereocenters. The number of aliphatic carboxylic acids is 2. The van der Waals surface area contributed by atoms with Gasteiger partial charge in [0.25, 0.3) is 11.8 Å². The molecule has 6 rings (SSSR count). The second-order valence-corrected chi connectivity index (χ2v) is 14.6. The van der Waals surface area contributed by atoms with Gasteiger partial charge in [0.2, 0.25) is 5.60 Å². The molecule has 280 valence electrons. The van der Waals surface area contributed by atoms with Crippen molar-refractivity contribution in [1.29, 1.82) is 0 Å². The van der Waals surface area contributed by atoms with Gasteiger partial charge in [-0.05, 0) is 31.5 Å². The van der Waals surface area contributed by atoms with Crippen molar-refractivity contribution in [3.8, 4) is 5.75 Å². The second kappa shape index (κ2) is 15.0. The van der Waals surface area contributed by atoms with E-state index in [1.165, 1.54) is 31.0 Å². The minimum Gasteiger partial charge on any atom is -0.543 e. The standard InChI is InChI=1S/C32H37N11O8S2/c1-32(2,29(48)49)51-39-22(20-16-53-31(35)37-20)25(44)38-23-26(45)43-24(28(46)47)18(15-52-27(23)43)14-41-9-7-21-40(10-11-42(21)41)13-17-3-5-19(6-4-17)50-12-8-36-30(33)34/h3-7,9,16,23,27H,8,10-15H2,1-2H3,(H8-,33,34,35,36,37,38,44,46,47,48,49)/b39-22-/t23-,27-/m1/s1. The number of aliphatic imine (C=N–C) groups is 1. The quantitative estimate of drug-likeness (QED) is 0.0285. The Hall–Kier alpha value is -5.83. The summed E-state index contributed by atoms with van der Waals surface area (Å²) in [5.74, 6) is -2.45. The fourth-order valence-corrected chi connectivity index (χ4v) is 7.72. The molecule has 21 heteroatoms. The number of carboxylic acids is 2. The number of β-lactam (4-membered cyclic amide) rings is 1. The number of nitrogens with two attached hydrogens (primary N) is 3. The maximum atomic E-state index is 13.4. The van der Waals surface area contributed by atoms with Crippen molar-refractivity contribution < 1.29 is 43.6 Å². The van der Waals surface area contributed by atoms with Crippen LogP contribution in [-0.4, -0.2) is 97.6 Å². The molecule has 0 radical (unpaired) electrons. The number of nitrogens with one attached hydrogen (secondary N) is 1. The molecule has 0 bridgehead atoms. The first-order chi connectivity index (χ1) is 25.2. The number of carbonyl (C=O) groups is 4. The van der Waals surface area contributed by atoms with Crippen LogP contribution in [0.4, 0.5) is 10.9 Å². The Bertz CT molecular complexity index is 2020. The zero-order valence-electron chi connectivity index (χ0n) is 28.6. The van der Waals surface area contributed by atoms with E-state index in [0.29, 0.717) is 37.6 Å². The third kappa shape index (κ3) is 7.84. The SMILES string of the molecule is CC(C)(O/N=C(\C(=O)N[C@@H]1C(=O)N2C(C(=O)[O-])=C(C[n+]3ccc4n3CCN4Cc3ccc(OCCN=C(N)N)cc3)CS[C@H]12)c1csc(N)n1)C(=O)O. The number of aromatic nitrogens is 3. The summed E-state index contributed by atoms with van der Waals surface area (Å²) in [5, 5.41) is 29.0. The van der Waals surface area contributed by atoms with E-state index in [1.54, 1.807) is 0 Å². The largest absolute Gasteiger partial charge is 0.543 e. The predicted octanol–water partition coefficient (Wildman–Crippen LogP) is -1.83. The Morgan fingerprint density at radius 1 is 1.19 bits per heavy atom. The van der Waals surface area contributed by atoms with Crippen LogP contribution in [0.3, 0.4) is 0 Å². The number of anilines is 2. The van der Waals surface area contributed by atoms with Crippen LogP contribution in [0, 0.1) is 0 Å². The van der Waals surface area contributed by atoms with Crippen LogP contribution in [0.1, 0.15) is 25.1 Å². The maximum absolute atomic E-state index is 13.4. The van der Waals surface area contributed by atoms with Crippen molar-refractivity contribution in [3.63, 3.8) is 0 Å². The first-order valence-corrected chi connectivity index (χ1v) is 18.2. The third-order valence-corrected chi connectivity index (χ3v) is 10.6. The first-order valence-electron chi connectivity index (χ1n) is 16.2. The number of ether oxygens (including phenoxy) is 1. The first kappa shape index (κ1) is 36.9. The lowest BCUT2D eigenvalue weighted by Crippen LogP contribution is -2.71. The summed E-state index contributed by atoms with van der Waals surface area (Å²) < 4.78 is 9.64. The number of thioether (sulfide) groups is 1. The number of amides is 2. The molecule has 1 saturated heterocycles. The Morgan fingerprint density at radius 3 is 2.60 bits per heavy atom. The summed E-state index contributed by atoms with van der Waals surface area (Å²) >= 11 is 2.31. The van der Waals surface area contributed by atoms with E-state index < -0.39 is 46.5 Å². The Kier molecular flexibility index (Phi) is 10.5. The molecule has 3 aliphatic rings. The predicted molar refractivity (Wildman–Crippen MR) is 191 cm³/mol. The third-order valence-electron chi connectivity index (χ3n) is 8.57. The molecule has 0 saturated carbocycles. The number of nitrogen functional groups attached to an aromatic ring is 1. The lowest BCUT2D eigenvalue weighted by Gasteiger charge is -2.50. The maximum Gasteiger partial charge on any atom is 0.350 e. The number of guanidine groups is 1. The van der Waals surface area contributed by atoms with Gasteiger partial charge < -0.3 is 52.0 Å². The Morgan fingerprint density at radius 2 is 1.94 bits per heavy atom. The van der Waals surface area contributed by atoms with Gasteiger partial charge in [0.15, 0.2) is 35.4 Å². The molecule has 8 N–H and O–H groups in total. The van der Waals surface area contributed by atoms with Gasteiger partial charge in [-0.1, -0.05) is 17.3 Å². The molecule has 0 spiro atoms. The number of nitrogens with zero attached hydrogens (tertiary/aromatic N) is 7. The van der Waals surface area contributed by atoms with Crippen LogP contribution in [0.25, 0.3) is 0 Å². The van der Waals surface area contributed by atoms with Gasteiger partial charge in [0.05, 0.1) is 30.8 Å². The number of hydrogen-bond donors (Lipinski definition) is 5. The van der Waals surface area contributed by atoms with Crippen molar-refractivity contribution in [2.24, 2.45) is 21.6 Å². The Labute approximate surface area is 310 Å². The molecule has 53 heavy (non-hydrogen) atoms. The summed E-state index contributed by atoms with van der Waals surface area (Å²) in [4.78, 5) is 67.3. The minimum absolute atomic E-state index is 0.0128. The summed E-state index contributed by atoms with van der Waals surface area (Å²) in [7, 11) is 0. The second-order valence-electron chi connectivity index (χ2n) is 12.6. The highest BCUT2D eigenvalue weighted by Crippen LogP contribution is 2.40. The monoisotopic (exact) mass is 767 g/mol. The van der Waals surface area contributed by atoms with E-state index in [1.807, 2.05) is 41.2 Å². The summed E-state index contributed by atoms with van der Waals surface area (Å²) in [6.07, 6.45) is 1.87. The van der Waals surface area contributed by atoms with Crippen LogP contribution >= 0.6 is 23.1 Å². The van der Waals surface area contributed by atoms with Crippen LogP contribution in [-0.2, 0) is 43.7 Å². The van der Waals surface area contributed by atoms with Gasteiger partial charge in [-0.15, -0.1) is 32.5 Å². The molecular weight excluding hydrogens is 731 g/mol. The number of benzene rings is 1. The van der Waals surface area contributed by atoms with Crippen molar-refractivity contribution in [1.82, 2.24) is 19.9 Å². The number of rotatable bonds is 15. The highest BCUT2D eigenvalue weighted by atomic mass is 32.2. The molecule has 3 aromatic rings. The lowest BCUT2D eigenvalue weighted by atomic mass is 10.0. The van der Waals surface area contributed by atoms with E-state index in [-0.39, 0.29) is 34.8 Å². The van der Waals surface area contributed by atoms with E-state index in [9.17, 15) is 29.4 Å². The van der Waals surface area contributed by atoms with E-state index in [2.05, 4.69) is 30.0 Å². The van der Waals surface area contributed by atoms with Gasteiger partial charge in [-0.2, -0.15) is 0 Å². The van der Waals surface area contributed by atoms with Gasteiger partial charge in [-0.3, -0.25) is 19.5 Å². The molecule has 3 aliphatic heterocycles. The van der Waals surface area contributed by atoms with Gasteiger partial charge in [0.1, 0.15) is 29.5 Å². The average molecular weight is 768 g/mol. The molecule has 5 heterocycles. The molecule has 0 unspecified atom stereocenters. The summed E-state index contributed by atoms with van der Waals surface area (Å²) in [5.41, 5.74) is 15.6. The fourth-order valence-electron chi connectivity index (χ4n) is 5.84.